The highest BCUT2D eigenvalue weighted by molar-refractivity contribution is 5.86. The molecule has 26 heavy (non-hydrogen) atoms. The second-order valence-corrected chi connectivity index (χ2v) is 6.23. The third-order valence-electron chi connectivity index (χ3n) is 3.66. The fraction of sp³-hybridized carbons (Fsp3) is 0.800. The lowest BCUT2D eigenvalue weighted by Crippen LogP contribution is -2.15. The molecule has 0 saturated heterocycles. The molecular formula is C20H36O6. The third kappa shape index (κ3) is 17.4. The SMILES string of the molecule is C=C(C)C(=O)OCCOCCOCCOC(=O)CCCCCCCCC. The standard InChI is InChI=1S/C20H36O6/c1-4-5-6-7-8-9-10-11-19(21)25-16-14-23-12-13-24-15-17-26-20(22)18(2)3/h2,4-17H2,1,3H3. The molecule has 6 nitrogen and oxygen atoms in total. The van der Waals surface area contributed by atoms with Gasteiger partial charge in [0.05, 0.1) is 26.4 Å². The molecule has 0 heterocycles. The predicted octanol–water partition coefficient (Wildman–Crippen LogP) is 3.82. The summed E-state index contributed by atoms with van der Waals surface area (Å²) >= 11 is 0. The maximum absolute atomic E-state index is 11.5. The Morgan fingerprint density at radius 3 is 1.81 bits per heavy atom. The molecule has 0 aliphatic heterocycles. The van der Waals surface area contributed by atoms with Crippen LogP contribution in [0, 0.1) is 0 Å². The van der Waals surface area contributed by atoms with E-state index in [1.807, 2.05) is 0 Å². The van der Waals surface area contributed by atoms with Gasteiger partial charge in [-0.1, -0.05) is 52.0 Å². The van der Waals surface area contributed by atoms with Gasteiger partial charge in [0.2, 0.25) is 0 Å². The molecule has 0 spiro atoms. The molecule has 0 rings (SSSR count). The smallest absolute Gasteiger partial charge is 0.333 e. The van der Waals surface area contributed by atoms with Gasteiger partial charge >= 0.3 is 11.9 Å². The average Bonchev–Trinajstić information content (AvgIpc) is 2.62. The van der Waals surface area contributed by atoms with E-state index in [1.54, 1.807) is 6.92 Å². The van der Waals surface area contributed by atoms with Crippen molar-refractivity contribution in [3.63, 3.8) is 0 Å². The number of ether oxygens (including phenoxy) is 4. The molecule has 0 atom stereocenters. The zero-order valence-electron chi connectivity index (χ0n) is 16.6. The molecular weight excluding hydrogens is 336 g/mol. The van der Waals surface area contributed by atoms with Crippen molar-refractivity contribution in [3.8, 4) is 0 Å². The van der Waals surface area contributed by atoms with Gasteiger partial charge in [0.1, 0.15) is 13.2 Å². The number of rotatable bonds is 18. The number of carbonyl (C=O) groups is 2. The number of carbonyl (C=O) groups excluding carboxylic acids is 2. The Kier molecular flexibility index (Phi) is 17.4. The van der Waals surface area contributed by atoms with Crippen molar-refractivity contribution in [2.45, 2.75) is 65.2 Å². The van der Waals surface area contributed by atoms with Crippen molar-refractivity contribution in [3.05, 3.63) is 12.2 Å². The summed E-state index contributed by atoms with van der Waals surface area (Å²) < 4.78 is 20.5. The van der Waals surface area contributed by atoms with Crippen molar-refractivity contribution in [1.29, 1.82) is 0 Å². The van der Waals surface area contributed by atoms with Crippen molar-refractivity contribution in [2.24, 2.45) is 0 Å². The minimum absolute atomic E-state index is 0.155. The Morgan fingerprint density at radius 2 is 1.23 bits per heavy atom. The summed E-state index contributed by atoms with van der Waals surface area (Å²) in [6, 6.07) is 0. The van der Waals surface area contributed by atoms with Gasteiger partial charge in [0.15, 0.2) is 0 Å². The molecule has 152 valence electrons. The van der Waals surface area contributed by atoms with E-state index in [0.717, 1.165) is 12.8 Å². The van der Waals surface area contributed by atoms with Crippen LogP contribution < -0.4 is 0 Å². The van der Waals surface area contributed by atoms with Gasteiger partial charge in [0.25, 0.3) is 0 Å². The normalized spacial score (nSPS) is 10.5. The van der Waals surface area contributed by atoms with Crippen LogP contribution in [0.25, 0.3) is 0 Å². The summed E-state index contributed by atoms with van der Waals surface area (Å²) in [7, 11) is 0. The molecule has 0 bridgehead atoms. The highest BCUT2D eigenvalue weighted by atomic mass is 16.6. The second kappa shape index (κ2) is 18.4. The molecule has 0 radical (unpaired) electrons. The van der Waals surface area contributed by atoms with Crippen molar-refractivity contribution in [2.75, 3.05) is 39.6 Å². The fourth-order valence-electron chi connectivity index (χ4n) is 2.15. The summed E-state index contributed by atoms with van der Waals surface area (Å²) in [4.78, 5) is 22.6. The lowest BCUT2D eigenvalue weighted by Gasteiger charge is -2.07. The van der Waals surface area contributed by atoms with E-state index in [-0.39, 0.29) is 19.2 Å². The Balaban J connectivity index is 3.23. The zero-order valence-corrected chi connectivity index (χ0v) is 16.6. The van der Waals surface area contributed by atoms with Crippen LogP contribution >= 0.6 is 0 Å². The van der Waals surface area contributed by atoms with Crippen LogP contribution in [0.2, 0.25) is 0 Å². The van der Waals surface area contributed by atoms with Crippen LogP contribution in [0.4, 0.5) is 0 Å². The van der Waals surface area contributed by atoms with Gasteiger partial charge in [-0.3, -0.25) is 4.79 Å². The van der Waals surface area contributed by atoms with E-state index in [1.165, 1.54) is 32.1 Å². The first kappa shape index (κ1) is 24.6. The van der Waals surface area contributed by atoms with Gasteiger partial charge in [-0.2, -0.15) is 0 Å². The van der Waals surface area contributed by atoms with Crippen molar-refractivity contribution >= 4 is 11.9 Å². The second-order valence-electron chi connectivity index (χ2n) is 6.23. The largest absolute Gasteiger partial charge is 0.463 e. The molecule has 0 amide bonds. The lowest BCUT2D eigenvalue weighted by molar-refractivity contribution is -0.146. The number of esters is 2. The number of hydrogen-bond donors (Lipinski definition) is 0. The van der Waals surface area contributed by atoms with Crippen LogP contribution in [0.1, 0.15) is 65.2 Å². The topological polar surface area (TPSA) is 71.1 Å². The third-order valence-corrected chi connectivity index (χ3v) is 3.66. The molecule has 0 fully saturated rings. The Morgan fingerprint density at radius 1 is 0.731 bits per heavy atom. The van der Waals surface area contributed by atoms with Crippen LogP contribution in [-0.2, 0) is 28.5 Å². The van der Waals surface area contributed by atoms with Crippen molar-refractivity contribution in [1.82, 2.24) is 0 Å². The van der Waals surface area contributed by atoms with Crippen LogP contribution in [0.15, 0.2) is 12.2 Å². The summed E-state index contributed by atoms with van der Waals surface area (Å²) in [6.07, 6.45) is 8.78. The van der Waals surface area contributed by atoms with Crippen LogP contribution in [0.5, 0.6) is 0 Å². The maximum Gasteiger partial charge on any atom is 0.333 e. The summed E-state index contributed by atoms with van der Waals surface area (Å²) in [5.74, 6) is -0.569. The van der Waals surface area contributed by atoms with E-state index >= 15 is 0 Å². The zero-order chi connectivity index (χ0) is 19.5. The molecule has 6 heteroatoms. The lowest BCUT2D eigenvalue weighted by atomic mass is 10.1. The minimum atomic E-state index is -0.414. The monoisotopic (exact) mass is 372 g/mol. The first-order valence-electron chi connectivity index (χ1n) is 9.71. The molecule has 0 aromatic rings. The highest BCUT2D eigenvalue weighted by Gasteiger charge is 2.03. The van der Waals surface area contributed by atoms with Crippen LogP contribution in [-0.4, -0.2) is 51.6 Å². The van der Waals surface area contributed by atoms with E-state index in [4.69, 9.17) is 18.9 Å². The highest BCUT2D eigenvalue weighted by Crippen LogP contribution is 2.08. The van der Waals surface area contributed by atoms with Gasteiger partial charge in [-0.25, -0.2) is 4.79 Å². The van der Waals surface area contributed by atoms with E-state index in [0.29, 0.717) is 38.4 Å². The summed E-state index contributed by atoms with van der Waals surface area (Å²) in [5.41, 5.74) is 0.370. The molecule has 0 aliphatic rings. The quantitative estimate of drug-likeness (QED) is 0.207. The van der Waals surface area contributed by atoms with E-state index in [2.05, 4.69) is 13.5 Å². The summed E-state index contributed by atoms with van der Waals surface area (Å²) in [6.45, 7) is 9.23. The number of hydrogen-bond acceptors (Lipinski definition) is 6. The molecule has 0 aliphatic carbocycles. The van der Waals surface area contributed by atoms with Gasteiger partial charge in [0, 0.05) is 12.0 Å². The minimum Gasteiger partial charge on any atom is -0.463 e. The fourth-order valence-corrected chi connectivity index (χ4v) is 2.15. The Bertz CT molecular complexity index is 380. The van der Waals surface area contributed by atoms with Gasteiger partial charge in [-0.05, 0) is 13.3 Å². The predicted molar refractivity (Wildman–Crippen MR) is 101 cm³/mol. The Labute approximate surface area is 158 Å². The van der Waals surface area contributed by atoms with E-state index in [9.17, 15) is 9.59 Å². The molecule has 0 saturated carbocycles. The molecule has 0 aromatic heterocycles. The van der Waals surface area contributed by atoms with Crippen LogP contribution in [0.3, 0.4) is 0 Å². The van der Waals surface area contributed by atoms with Gasteiger partial charge in [-0.15, -0.1) is 0 Å². The molecule has 0 aromatic carbocycles. The first-order chi connectivity index (χ1) is 12.6. The summed E-state index contributed by atoms with van der Waals surface area (Å²) in [5, 5.41) is 0. The first-order valence-corrected chi connectivity index (χ1v) is 9.71. The molecule has 0 unspecified atom stereocenters. The Hall–Kier alpha value is -1.40. The number of unbranched alkanes of at least 4 members (excludes halogenated alkanes) is 6. The van der Waals surface area contributed by atoms with E-state index < -0.39 is 5.97 Å². The van der Waals surface area contributed by atoms with Crippen molar-refractivity contribution < 1.29 is 28.5 Å². The maximum atomic E-state index is 11.5. The average molecular weight is 373 g/mol. The molecule has 0 N–H and O–H groups in total. The van der Waals surface area contributed by atoms with Gasteiger partial charge < -0.3 is 18.9 Å².